The number of ketones is 1. The van der Waals surface area contributed by atoms with Gasteiger partial charge in [-0.3, -0.25) is 24.6 Å². The first kappa shape index (κ1) is 25.9. The zero-order valence-corrected chi connectivity index (χ0v) is 21.5. The molecule has 0 spiro atoms. The van der Waals surface area contributed by atoms with Gasteiger partial charge in [-0.25, -0.2) is 14.8 Å². The van der Waals surface area contributed by atoms with Crippen molar-refractivity contribution in [1.29, 1.82) is 0 Å². The van der Waals surface area contributed by atoms with Crippen molar-refractivity contribution in [3.05, 3.63) is 90.1 Å². The second kappa shape index (κ2) is 10.0. The predicted octanol–water partition coefficient (Wildman–Crippen LogP) is 4.56. The summed E-state index contributed by atoms with van der Waals surface area (Å²) in [4.78, 5) is 60.2. The number of nitro benzene ring substituents is 1. The van der Waals surface area contributed by atoms with E-state index in [-0.39, 0.29) is 38.4 Å². The number of aliphatic hydroxyl groups excluding tert-OH is 1. The van der Waals surface area contributed by atoms with Gasteiger partial charge in [0.15, 0.2) is 10.9 Å². The van der Waals surface area contributed by atoms with Crippen LogP contribution in [0.2, 0.25) is 0 Å². The van der Waals surface area contributed by atoms with Gasteiger partial charge in [-0.2, -0.15) is 0 Å². The highest BCUT2D eigenvalue weighted by molar-refractivity contribution is 7.17. The van der Waals surface area contributed by atoms with E-state index in [1.165, 1.54) is 30.3 Å². The molecule has 4 rings (SSSR count). The molecule has 11 nitrogen and oxygen atoms in total. The monoisotopic (exact) mass is 540 g/mol. The standard InChI is InChI=1S/C24H20N4O7S2/c1-5-10-35-23(32)21-12(3)26-24(37-21)27-17(14-6-8-15(9-7-14)28(33)34)16(19(30)22(27)31)18(29)20-11(2)25-13(4)36-20/h5-9,17,30H,1,10H2,2-4H3. The summed E-state index contributed by atoms with van der Waals surface area (Å²) in [6.45, 7) is 8.42. The number of anilines is 1. The summed E-state index contributed by atoms with van der Waals surface area (Å²) < 4.78 is 5.09. The van der Waals surface area contributed by atoms with Crippen LogP contribution in [-0.4, -0.2) is 44.3 Å². The van der Waals surface area contributed by atoms with Crippen molar-refractivity contribution in [2.24, 2.45) is 0 Å². The van der Waals surface area contributed by atoms with E-state index in [1.54, 1.807) is 20.8 Å². The first-order chi connectivity index (χ1) is 17.5. The number of Topliss-reactive ketones (excluding diaryl/α,β-unsaturated/α-hetero) is 1. The van der Waals surface area contributed by atoms with Gasteiger partial charge in [0.05, 0.1) is 37.8 Å². The molecule has 0 aliphatic carbocycles. The molecule has 13 heteroatoms. The van der Waals surface area contributed by atoms with Crippen LogP contribution >= 0.6 is 22.7 Å². The van der Waals surface area contributed by atoms with E-state index in [9.17, 15) is 29.6 Å². The van der Waals surface area contributed by atoms with Crippen LogP contribution in [0.25, 0.3) is 0 Å². The summed E-state index contributed by atoms with van der Waals surface area (Å²) in [6.07, 6.45) is 1.41. The van der Waals surface area contributed by atoms with Gasteiger partial charge in [-0.05, 0) is 38.5 Å². The molecule has 3 heterocycles. The molecule has 37 heavy (non-hydrogen) atoms. The van der Waals surface area contributed by atoms with Crippen molar-refractivity contribution in [2.45, 2.75) is 26.8 Å². The Labute approximate surface area is 218 Å². The number of aryl methyl sites for hydroxylation is 3. The van der Waals surface area contributed by atoms with E-state index < -0.39 is 34.4 Å². The van der Waals surface area contributed by atoms with Crippen molar-refractivity contribution in [2.75, 3.05) is 11.5 Å². The molecule has 0 radical (unpaired) electrons. The van der Waals surface area contributed by atoms with Gasteiger partial charge < -0.3 is 9.84 Å². The third kappa shape index (κ3) is 4.66. The number of ether oxygens (including phenoxy) is 1. The quantitative estimate of drug-likeness (QED) is 0.142. The number of nitrogens with zero attached hydrogens (tertiary/aromatic N) is 4. The Kier molecular flexibility index (Phi) is 7.01. The number of carbonyl (C=O) groups excluding carboxylic acids is 3. The van der Waals surface area contributed by atoms with Gasteiger partial charge in [0, 0.05) is 12.1 Å². The number of carbonyl (C=O) groups is 3. The number of hydrogen-bond acceptors (Lipinski definition) is 11. The number of esters is 1. The molecule has 1 aliphatic heterocycles. The zero-order chi connectivity index (χ0) is 27.0. The summed E-state index contributed by atoms with van der Waals surface area (Å²) in [6, 6.07) is 4.12. The van der Waals surface area contributed by atoms with Crippen molar-refractivity contribution >= 4 is 51.2 Å². The molecule has 1 aliphatic rings. The Bertz CT molecular complexity index is 1490. The van der Waals surface area contributed by atoms with Gasteiger partial charge in [0.2, 0.25) is 5.78 Å². The van der Waals surface area contributed by atoms with Gasteiger partial charge in [0.1, 0.15) is 11.5 Å². The molecule has 3 aromatic rings. The minimum Gasteiger partial charge on any atom is -0.503 e. The van der Waals surface area contributed by atoms with E-state index in [0.717, 1.165) is 27.6 Å². The van der Waals surface area contributed by atoms with Crippen LogP contribution in [0.5, 0.6) is 0 Å². The van der Waals surface area contributed by atoms with E-state index in [1.807, 2.05) is 0 Å². The van der Waals surface area contributed by atoms with Gasteiger partial charge in [-0.15, -0.1) is 11.3 Å². The van der Waals surface area contributed by atoms with E-state index in [0.29, 0.717) is 16.3 Å². The lowest BCUT2D eigenvalue weighted by Gasteiger charge is -2.24. The highest BCUT2D eigenvalue weighted by Crippen LogP contribution is 2.44. The van der Waals surface area contributed by atoms with Crippen molar-refractivity contribution in [1.82, 2.24) is 9.97 Å². The predicted molar refractivity (Wildman–Crippen MR) is 136 cm³/mol. The average Bonchev–Trinajstić information content (AvgIpc) is 3.49. The fourth-order valence-corrected chi connectivity index (χ4v) is 5.73. The maximum atomic E-state index is 13.6. The van der Waals surface area contributed by atoms with E-state index >= 15 is 0 Å². The SMILES string of the molecule is C=CCOC(=O)c1sc(N2C(=O)C(O)=C(C(=O)c3sc(C)nc3C)C2c2ccc([N+](=O)[O-])cc2)nc1C. The Hall–Kier alpha value is -4.23. The molecule has 1 amide bonds. The van der Waals surface area contributed by atoms with Crippen LogP contribution in [0.4, 0.5) is 10.8 Å². The Morgan fingerprint density at radius 3 is 2.38 bits per heavy atom. The van der Waals surface area contributed by atoms with E-state index in [2.05, 4.69) is 16.5 Å². The first-order valence-electron chi connectivity index (χ1n) is 10.8. The maximum Gasteiger partial charge on any atom is 0.350 e. The highest BCUT2D eigenvalue weighted by atomic mass is 32.1. The molecule has 0 saturated heterocycles. The van der Waals surface area contributed by atoms with Crippen LogP contribution in [0.3, 0.4) is 0 Å². The fraction of sp³-hybridized carbons (Fsp3) is 0.208. The molecule has 190 valence electrons. The number of amides is 1. The molecular formula is C24H20N4O7S2. The summed E-state index contributed by atoms with van der Waals surface area (Å²) in [5.74, 6) is -2.93. The molecule has 1 N–H and O–H groups in total. The minimum absolute atomic E-state index is 0.0197. The zero-order valence-electron chi connectivity index (χ0n) is 19.9. The third-order valence-corrected chi connectivity index (χ3v) is 7.70. The number of rotatable bonds is 8. The number of non-ortho nitro benzene ring substituents is 1. The maximum absolute atomic E-state index is 13.6. The highest BCUT2D eigenvalue weighted by Gasteiger charge is 2.47. The molecule has 1 unspecified atom stereocenters. The first-order valence-corrected chi connectivity index (χ1v) is 12.4. The molecule has 0 fully saturated rings. The van der Waals surface area contributed by atoms with Gasteiger partial charge in [0.25, 0.3) is 11.6 Å². The van der Waals surface area contributed by atoms with Gasteiger partial charge >= 0.3 is 5.97 Å². The number of aromatic nitrogens is 2. The molecule has 1 atom stereocenters. The van der Waals surface area contributed by atoms with Crippen molar-refractivity contribution in [3.8, 4) is 0 Å². The smallest absolute Gasteiger partial charge is 0.350 e. The number of aliphatic hydroxyl groups is 1. The third-order valence-electron chi connectivity index (χ3n) is 5.49. The van der Waals surface area contributed by atoms with Crippen LogP contribution in [0.15, 0.2) is 48.3 Å². The Balaban J connectivity index is 1.85. The molecular weight excluding hydrogens is 520 g/mol. The van der Waals surface area contributed by atoms with Crippen LogP contribution in [-0.2, 0) is 9.53 Å². The van der Waals surface area contributed by atoms with Crippen molar-refractivity contribution < 1.29 is 29.2 Å². The minimum atomic E-state index is -1.16. The average molecular weight is 541 g/mol. The lowest BCUT2D eigenvalue weighted by molar-refractivity contribution is -0.384. The van der Waals surface area contributed by atoms with Crippen LogP contribution in [0, 0.1) is 30.9 Å². The van der Waals surface area contributed by atoms with Crippen molar-refractivity contribution in [3.63, 3.8) is 0 Å². The number of hydrogen-bond donors (Lipinski definition) is 1. The summed E-state index contributed by atoms with van der Waals surface area (Å²) >= 11 is 1.99. The summed E-state index contributed by atoms with van der Waals surface area (Å²) in [5.41, 5.74) is 0.658. The number of thiazole rings is 2. The number of benzene rings is 1. The topological polar surface area (TPSA) is 153 Å². The normalized spacial score (nSPS) is 15.3. The van der Waals surface area contributed by atoms with Crippen LogP contribution in [0.1, 0.15) is 47.3 Å². The van der Waals surface area contributed by atoms with Gasteiger partial charge in [-0.1, -0.05) is 24.0 Å². The summed E-state index contributed by atoms with van der Waals surface area (Å²) in [5, 5.41) is 22.8. The largest absolute Gasteiger partial charge is 0.503 e. The molecule has 0 saturated carbocycles. The lowest BCUT2D eigenvalue weighted by atomic mass is 9.95. The molecule has 2 aromatic heterocycles. The Morgan fingerprint density at radius 1 is 1.16 bits per heavy atom. The van der Waals surface area contributed by atoms with Crippen LogP contribution < -0.4 is 4.90 Å². The summed E-state index contributed by atoms with van der Waals surface area (Å²) in [7, 11) is 0. The fourth-order valence-electron chi connectivity index (χ4n) is 3.87. The lowest BCUT2D eigenvalue weighted by Crippen LogP contribution is -2.31. The molecule has 1 aromatic carbocycles. The Morgan fingerprint density at radius 2 is 1.81 bits per heavy atom. The second-order valence-electron chi connectivity index (χ2n) is 7.96. The number of nitro groups is 1. The second-order valence-corrected chi connectivity index (χ2v) is 10.1. The van der Waals surface area contributed by atoms with E-state index in [4.69, 9.17) is 4.74 Å². The molecule has 0 bridgehead atoms.